The van der Waals surface area contributed by atoms with Gasteiger partial charge < -0.3 is 15.1 Å². The largest absolute Gasteiger partial charge is 0.313 e. The van der Waals surface area contributed by atoms with Crippen molar-refractivity contribution in [1.82, 2.24) is 15.1 Å². The van der Waals surface area contributed by atoms with E-state index in [1.807, 2.05) is 0 Å². The lowest BCUT2D eigenvalue weighted by molar-refractivity contribution is 0.153. The van der Waals surface area contributed by atoms with Crippen LogP contribution >= 0.6 is 27.3 Å². The maximum absolute atomic E-state index is 3.51. The van der Waals surface area contributed by atoms with Gasteiger partial charge in [-0.2, -0.15) is 0 Å². The molecule has 3 nitrogen and oxygen atoms in total. The van der Waals surface area contributed by atoms with Gasteiger partial charge in [-0.25, -0.2) is 0 Å². The van der Waals surface area contributed by atoms with E-state index in [1.165, 1.54) is 48.5 Å². The molecule has 0 unspecified atom stereocenters. The van der Waals surface area contributed by atoms with Crippen LogP contribution in [0, 0.1) is 0 Å². The van der Waals surface area contributed by atoms with E-state index in [2.05, 4.69) is 49.5 Å². The predicted molar refractivity (Wildman–Crippen MR) is 82.3 cm³/mol. The topological polar surface area (TPSA) is 18.5 Å². The summed E-state index contributed by atoms with van der Waals surface area (Å²) in [5.74, 6) is 0. The van der Waals surface area contributed by atoms with Crippen LogP contribution < -0.4 is 5.32 Å². The molecule has 1 aliphatic heterocycles. The van der Waals surface area contributed by atoms with Gasteiger partial charge in [-0.3, -0.25) is 0 Å². The van der Waals surface area contributed by atoms with Gasteiger partial charge in [0.25, 0.3) is 0 Å². The highest BCUT2D eigenvalue weighted by atomic mass is 79.9. The minimum Gasteiger partial charge on any atom is -0.313 e. The normalized spacial score (nSPS) is 18.3. The first-order valence-electron chi connectivity index (χ1n) is 6.58. The Balaban J connectivity index is 1.51. The van der Waals surface area contributed by atoms with E-state index < -0.39 is 0 Å². The zero-order valence-electron chi connectivity index (χ0n) is 11.0. The number of rotatable bonds is 6. The van der Waals surface area contributed by atoms with Crippen molar-refractivity contribution in [2.75, 3.05) is 46.3 Å². The number of likely N-dealkylation sites (N-methyl/N-ethyl adjacent to an activating group) is 1. The Labute approximate surface area is 122 Å². The molecule has 1 saturated heterocycles. The fraction of sp³-hybridized carbons (Fsp3) is 0.692. The van der Waals surface area contributed by atoms with Crippen LogP contribution in [-0.2, 0) is 6.54 Å². The van der Waals surface area contributed by atoms with Gasteiger partial charge in [0.1, 0.15) is 0 Å². The number of thiophene rings is 1. The van der Waals surface area contributed by atoms with Crippen LogP contribution in [0.1, 0.15) is 12.0 Å². The monoisotopic (exact) mass is 331 g/mol. The predicted octanol–water partition coefficient (Wildman–Crippen LogP) is 2.24. The molecule has 2 heterocycles. The van der Waals surface area contributed by atoms with Crippen molar-refractivity contribution >= 4 is 27.3 Å². The summed E-state index contributed by atoms with van der Waals surface area (Å²) in [5.41, 5.74) is 1.38. The molecule has 102 valence electrons. The first kappa shape index (κ1) is 14.5. The second kappa shape index (κ2) is 7.60. The highest BCUT2D eigenvalue weighted by Crippen LogP contribution is 2.20. The second-order valence-corrected chi connectivity index (χ2v) is 7.22. The Morgan fingerprint density at radius 2 is 2.11 bits per heavy atom. The van der Waals surface area contributed by atoms with Crippen molar-refractivity contribution in [2.45, 2.75) is 13.0 Å². The average Bonchev–Trinajstić information content (AvgIpc) is 2.77. The van der Waals surface area contributed by atoms with Crippen molar-refractivity contribution in [3.05, 3.63) is 20.8 Å². The van der Waals surface area contributed by atoms with Crippen molar-refractivity contribution < 1.29 is 0 Å². The van der Waals surface area contributed by atoms with E-state index in [4.69, 9.17) is 0 Å². The van der Waals surface area contributed by atoms with Crippen LogP contribution in [0.4, 0.5) is 0 Å². The van der Waals surface area contributed by atoms with Gasteiger partial charge in [-0.15, -0.1) is 11.3 Å². The summed E-state index contributed by atoms with van der Waals surface area (Å²) in [6.45, 7) is 8.23. The molecule has 1 aromatic heterocycles. The second-order valence-electron chi connectivity index (χ2n) is 4.93. The summed E-state index contributed by atoms with van der Waals surface area (Å²) < 4.78 is 1.22. The molecule has 1 fully saturated rings. The van der Waals surface area contributed by atoms with Gasteiger partial charge >= 0.3 is 0 Å². The lowest BCUT2D eigenvalue weighted by Crippen LogP contribution is -2.45. The molecule has 18 heavy (non-hydrogen) atoms. The van der Waals surface area contributed by atoms with Gasteiger partial charge in [-0.1, -0.05) is 0 Å². The van der Waals surface area contributed by atoms with Gasteiger partial charge in [-0.05, 0) is 59.5 Å². The number of hydrogen-bond acceptors (Lipinski definition) is 4. The third kappa shape index (κ3) is 4.97. The molecule has 1 aromatic rings. The van der Waals surface area contributed by atoms with Crippen LogP contribution in [-0.4, -0.2) is 56.1 Å². The Morgan fingerprint density at radius 3 is 2.78 bits per heavy atom. The van der Waals surface area contributed by atoms with Crippen LogP contribution in [0.25, 0.3) is 0 Å². The fourth-order valence-corrected chi connectivity index (χ4v) is 3.38. The van der Waals surface area contributed by atoms with Crippen molar-refractivity contribution in [3.8, 4) is 0 Å². The Hall–Kier alpha value is 0.0600. The molecule has 5 heteroatoms. The zero-order chi connectivity index (χ0) is 12.8. The Bertz CT molecular complexity index is 348. The summed E-state index contributed by atoms with van der Waals surface area (Å²) >= 11 is 5.25. The third-order valence-electron chi connectivity index (χ3n) is 3.37. The molecule has 0 radical (unpaired) electrons. The minimum atomic E-state index is 0.991. The molecule has 0 spiro atoms. The van der Waals surface area contributed by atoms with E-state index in [9.17, 15) is 0 Å². The van der Waals surface area contributed by atoms with Gasteiger partial charge in [0, 0.05) is 32.7 Å². The number of nitrogens with zero attached hydrogens (tertiary/aromatic N) is 2. The Morgan fingerprint density at radius 1 is 1.33 bits per heavy atom. The summed E-state index contributed by atoms with van der Waals surface area (Å²) in [6, 6.07) is 2.19. The third-order valence-corrected chi connectivity index (χ3v) is 4.93. The van der Waals surface area contributed by atoms with Crippen LogP contribution in [0.3, 0.4) is 0 Å². The fourth-order valence-electron chi connectivity index (χ4n) is 2.17. The van der Waals surface area contributed by atoms with Crippen LogP contribution in [0.5, 0.6) is 0 Å². The number of halogens is 1. The lowest BCUT2D eigenvalue weighted by atomic mass is 10.3. The van der Waals surface area contributed by atoms with Crippen LogP contribution in [0.2, 0.25) is 0 Å². The summed E-state index contributed by atoms with van der Waals surface area (Å²) in [7, 11) is 2.21. The molecular weight excluding hydrogens is 310 g/mol. The average molecular weight is 332 g/mol. The molecular formula is C13H22BrN3S. The molecule has 1 N–H and O–H groups in total. The highest BCUT2D eigenvalue weighted by Gasteiger charge is 2.12. The summed E-state index contributed by atoms with van der Waals surface area (Å²) in [6.07, 6.45) is 1.25. The standard InChI is InChI=1S/C13H22BrN3S/c1-16-5-7-17(8-6-16)4-2-3-15-10-12-9-13(14)18-11-12/h9,11,15H,2-8,10H2,1H3. The van der Waals surface area contributed by atoms with Crippen LogP contribution in [0.15, 0.2) is 15.2 Å². The smallest absolute Gasteiger partial charge is 0.0701 e. The molecule has 2 rings (SSSR count). The van der Waals surface area contributed by atoms with Gasteiger partial charge in [0.05, 0.1) is 3.79 Å². The first-order chi connectivity index (χ1) is 8.74. The number of hydrogen-bond donors (Lipinski definition) is 1. The summed E-state index contributed by atoms with van der Waals surface area (Å²) in [4.78, 5) is 4.98. The van der Waals surface area contributed by atoms with Crippen molar-refractivity contribution in [1.29, 1.82) is 0 Å². The maximum Gasteiger partial charge on any atom is 0.0701 e. The molecule has 1 aliphatic rings. The molecule has 0 amide bonds. The van der Waals surface area contributed by atoms with Crippen molar-refractivity contribution in [2.24, 2.45) is 0 Å². The van der Waals surface area contributed by atoms with Crippen molar-refractivity contribution in [3.63, 3.8) is 0 Å². The van der Waals surface area contributed by atoms with E-state index in [0.717, 1.165) is 13.1 Å². The zero-order valence-corrected chi connectivity index (χ0v) is 13.4. The molecule has 0 aromatic carbocycles. The minimum absolute atomic E-state index is 0.991. The van der Waals surface area contributed by atoms with E-state index in [1.54, 1.807) is 11.3 Å². The van der Waals surface area contributed by atoms with E-state index in [0.29, 0.717) is 0 Å². The quantitative estimate of drug-likeness (QED) is 0.806. The SMILES string of the molecule is CN1CCN(CCCNCc2csc(Br)c2)CC1. The molecule has 0 atom stereocenters. The highest BCUT2D eigenvalue weighted by molar-refractivity contribution is 9.11. The van der Waals surface area contributed by atoms with E-state index in [-0.39, 0.29) is 0 Å². The number of piperazine rings is 1. The van der Waals surface area contributed by atoms with E-state index >= 15 is 0 Å². The van der Waals surface area contributed by atoms with Gasteiger partial charge in [0.15, 0.2) is 0 Å². The van der Waals surface area contributed by atoms with Gasteiger partial charge in [0.2, 0.25) is 0 Å². The number of nitrogens with one attached hydrogen (secondary N) is 1. The first-order valence-corrected chi connectivity index (χ1v) is 8.26. The summed E-state index contributed by atoms with van der Waals surface area (Å²) in [5, 5.41) is 5.72. The molecule has 0 aliphatic carbocycles. The maximum atomic E-state index is 3.51. The Kier molecular flexibility index (Phi) is 6.11. The lowest BCUT2D eigenvalue weighted by Gasteiger charge is -2.32. The molecule has 0 bridgehead atoms. The molecule has 0 saturated carbocycles.